The second kappa shape index (κ2) is 10.0. The van der Waals surface area contributed by atoms with Crippen LogP contribution < -0.4 is 15.2 Å². The van der Waals surface area contributed by atoms with Gasteiger partial charge in [0, 0.05) is 4.47 Å². The predicted octanol–water partition coefficient (Wildman–Crippen LogP) is 4.65. The highest BCUT2D eigenvalue weighted by Gasteiger charge is 2.38. The molecular formula is C20H22Br2N2O5. The van der Waals surface area contributed by atoms with Gasteiger partial charge in [0.15, 0.2) is 11.5 Å². The Bertz CT molecular complexity index is 918. The third-order valence-electron chi connectivity index (χ3n) is 4.16. The molecule has 1 aromatic rings. The second-order valence-electron chi connectivity index (χ2n) is 5.90. The molecule has 2 rings (SSSR count). The molecule has 1 heterocycles. The second-order valence-corrected chi connectivity index (χ2v) is 7.49. The molecule has 0 aromatic heterocycles. The molecule has 29 heavy (non-hydrogen) atoms. The van der Waals surface area contributed by atoms with Crippen molar-refractivity contribution in [1.82, 2.24) is 0 Å². The number of ether oxygens (including phenoxy) is 4. The van der Waals surface area contributed by atoms with Crippen LogP contribution in [0.15, 0.2) is 37.8 Å². The number of hydrogen-bond acceptors (Lipinski definition) is 7. The number of allylic oxidation sites excluding steroid dienone is 2. The van der Waals surface area contributed by atoms with Gasteiger partial charge in [-0.3, -0.25) is 0 Å². The SMILES string of the molecule is CCOC(=O)C1=C(C)OC(N)=C(C#N)[C@@H]1c1cc(OCC)c(OCC)c(Br)c1Br. The van der Waals surface area contributed by atoms with Gasteiger partial charge in [-0.25, -0.2) is 4.79 Å². The number of rotatable bonds is 7. The van der Waals surface area contributed by atoms with Gasteiger partial charge in [0.25, 0.3) is 0 Å². The minimum absolute atomic E-state index is 0.0575. The highest BCUT2D eigenvalue weighted by molar-refractivity contribution is 9.13. The summed E-state index contributed by atoms with van der Waals surface area (Å²) in [5.41, 5.74) is 6.88. The first-order valence-electron chi connectivity index (χ1n) is 9.05. The molecular weight excluding hydrogens is 508 g/mol. The van der Waals surface area contributed by atoms with Crippen LogP contribution in [0.4, 0.5) is 0 Å². The van der Waals surface area contributed by atoms with E-state index in [1.165, 1.54) is 0 Å². The van der Waals surface area contributed by atoms with E-state index in [1.807, 2.05) is 13.8 Å². The van der Waals surface area contributed by atoms with Gasteiger partial charge in [0.1, 0.15) is 17.4 Å². The van der Waals surface area contributed by atoms with Gasteiger partial charge in [-0.2, -0.15) is 5.26 Å². The fourth-order valence-electron chi connectivity index (χ4n) is 3.02. The molecule has 0 spiro atoms. The number of carbonyl (C=O) groups is 1. The van der Waals surface area contributed by atoms with Gasteiger partial charge in [0.05, 0.1) is 35.8 Å². The number of hydrogen-bond donors (Lipinski definition) is 1. The van der Waals surface area contributed by atoms with Gasteiger partial charge >= 0.3 is 5.97 Å². The third kappa shape index (κ3) is 4.54. The normalized spacial score (nSPS) is 16.2. The smallest absolute Gasteiger partial charge is 0.338 e. The number of nitriles is 1. The molecule has 9 heteroatoms. The van der Waals surface area contributed by atoms with Crippen LogP contribution in [0.5, 0.6) is 11.5 Å². The van der Waals surface area contributed by atoms with Crippen molar-refractivity contribution < 1.29 is 23.7 Å². The van der Waals surface area contributed by atoms with E-state index in [1.54, 1.807) is 19.9 Å². The molecule has 0 fully saturated rings. The van der Waals surface area contributed by atoms with Crippen molar-refractivity contribution in [2.24, 2.45) is 5.73 Å². The highest BCUT2D eigenvalue weighted by atomic mass is 79.9. The van der Waals surface area contributed by atoms with Crippen molar-refractivity contribution in [3.8, 4) is 17.6 Å². The first kappa shape index (κ1) is 23.1. The Labute approximate surface area is 186 Å². The van der Waals surface area contributed by atoms with Gasteiger partial charge in [-0.1, -0.05) is 0 Å². The largest absolute Gasteiger partial charge is 0.490 e. The molecule has 7 nitrogen and oxygen atoms in total. The lowest BCUT2D eigenvalue weighted by atomic mass is 9.83. The molecule has 0 unspecified atom stereocenters. The Morgan fingerprint density at radius 1 is 1.21 bits per heavy atom. The van der Waals surface area contributed by atoms with Crippen molar-refractivity contribution in [3.63, 3.8) is 0 Å². The molecule has 0 aliphatic carbocycles. The lowest BCUT2D eigenvalue weighted by molar-refractivity contribution is -0.139. The molecule has 0 radical (unpaired) electrons. The highest BCUT2D eigenvalue weighted by Crippen LogP contribution is 2.49. The Balaban J connectivity index is 2.80. The summed E-state index contributed by atoms with van der Waals surface area (Å²) in [6.07, 6.45) is 0. The summed E-state index contributed by atoms with van der Waals surface area (Å²) >= 11 is 7.10. The Hall–Kier alpha value is -2.18. The van der Waals surface area contributed by atoms with E-state index >= 15 is 0 Å². The quantitative estimate of drug-likeness (QED) is 0.512. The monoisotopic (exact) mass is 528 g/mol. The molecule has 1 aliphatic rings. The number of esters is 1. The zero-order valence-electron chi connectivity index (χ0n) is 16.6. The van der Waals surface area contributed by atoms with Gasteiger partial charge < -0.3 is 24.7 Å². The maximum atomic E-state index is 12.7. The van der Waals surface area contributed by atoms with Crippen LogP contribution in [-0.4, -0.2) is 25.8 Å². The Kier molecular flexibility index (Phi) is 7.99. The van der Waals surface area contributed by atoms with E-state index in [2.05, 4.69) is 37.9 Å². The van der Waals surface area contributed by atoms with Crippen LogP contribution in [0.2, 0.25) is 0 Å². The number of nitrogens with two attached hydrogens (primary N) is 1. The first-order valence-corrected chi connectivity index (χ1v) is 10.6. The van der Waals surface area contributed by atoms with E-state index in [0.717, 1.165) is 0 Å². The summed E-state index contributed by atoms with van der Waals surface area (Å²) in [6, 6.07) is 3.80. The Morgan fingerprint density at radius 2 is 1.86 bits per heavy atom. The minimum atomic E-state index is -0.798. The molecule has 156 valence electrons. The van der Waals surface area contributed by atoms with Crippen molar-refractivity contribution >= 4 is 37.8 Å². The van der Waals surface area contributed by atoms with Gasteiger partial charge in [-0.05, 0) is 71.2 Å². The summed E-state index contributed by atoms with van der Waals surface area (Å²) in [5, 5.41) is 9.76. The van der Waals surface area contributed by atoms with E-state index in [-0.39, 0.29) is 29.4 Å². The molecule has 1 aromatic carbocycles. The molecule has 1 aliphatic heterocycles. The number of benzene rings is 1. The van der Waals surface area contributed by atoms with Crippen LogP contribution in [0, 0.1) is 11.3 Å². The molecule has 0 amide bonds. The van der Waals surface area contributed by atoms with Crippen molar-refractivity contribution in [1.29, 1.82) is 5.26 Å². The standard InChI is InChI=1S/C20H22Br2N2O5/c1-5-26-13-8-11(16(21)17(22)18(13)27-6-2)15-12(9-23)19(24)29-10(4)14(15)20(25)28-7-3/h8,15H,5-7,24H2,1-4H3/t15-/m0/s1. The number of nitrogens with zero attached hydrogens (tertiary/aromatic N) is 1. The summed E-state index contributed by atoms with van der Waals surface area (Å²) < 4.78 is 23.3. The van der Waals surface area contributed by atoms with Crippen LogP contribution in [0.25, 0.3) is 0 Å². The molecule has 0 saturated carbocycles. The van der Waals surface area contributed by atoms with E-state index in [4.69, 9.17) is 24.7 Å². The van der Waals surface area contributed by atoms with Crippen molar-refractivity contribution in [2.45, 2.75) is 33.6 Å². The van der Waals surface area contributed by atoms with Crippen LogP contribution >= 0.6 is 31.9 Å². The summed E-state index contributed by atoms with van der Waals surface area (Å²) in [6.45, 7) is 8.06. The van der Waals surface area contributed by atoms with Gasteiger partial charge in [0.2, 0.25) is 5.88 Å². The van der Waals surface area contributed by atoms with E-state index in [9.17, 15) is 10.1 Å². The molecule has 0 saturated heterocycles. The third-order valence-corrected chi connectivity index (χ3v) is 6.30. The zero-order chi connectivity index (χ0) is 21.7. The topological polar surface area (TPSA) is 104 Å². The van der Waals surface area contributed by atoms with Crippen LogP contribution in [-0.2, 0) is 14.3 Å². The average molecular weight is 530 g/mol. The number of carbonyl (C=O) groups excluding carboxylic acids is 1. The van der Waals surface area contributed by atoms with E-state index in [0.29, 0.717) is 39.2 Å². The van der Waals surface area contributed by atoms with Crippen LogP contribution in [0.3, 0.4) is 0 Å². The summed E-state index contributed by atoms with van der Waals surface area (Å²) in [5.74, 6) is -0.162. The van der Waals surface area contributed by atoms with E-state index < -0.39 is 11.9 Å². The van der Waals surface area contributed by atoms with Crippen molar-refractivity contribution in [2.75, 3.05) is 19.8 Å². The fraction of sp³-hybridized carbons (Fsp3) is 0.400. The maximum absolute atomic E-state index is 12.7. The lowest BCUT2D eigenvalue weighted by Gasteiger charge is -2.28. The fourth-order valence-corrected chi connectivity index (χ4v) is 4.08. The Morgan fingerprint density at radius 3 is 2.41 bits per heavy atom. The predicted molar refractivity (Wildman–Crippen MR) is 114 cm³/mol. The van der Waals surface area contributed by atoms with Gasteiger partial charge in [-0.15, -0.1) is 0 Å². The minimum Gasteiger partial charge on any atom is -0.490 e. The van der Waals surface area contributed by atoms with Crippen molar-refractivity contribution in [3.05, 3.63) is 43.4 Å². The molecule has 0 bridgehead atoms. The summed E-state index contributed by atoms with van der Waals surface area (Å²) in [7, 11) is 0. The zero-order valence-corrected chi connectivity index (χ0v) is 19.8. The first-order chi connectivity index (χ1) is 13.8. The molecule has 2 N–H and O–H groups in total. The average Bonchev–Trinajstić information content (AvgIpc) is 2.67. The maximum Gasteiger partial charge on any atom is 0.338 e. The van der Waals surface area contributed by atoms with Crippen LogP contribution in [0.1, 0.15) is 39.2 Å². The lowest BCUT2D eigenvalue weighted by Crippen LogP contribution is -2.26. The number of halogens is 2. The molecule has 1 atom stereocenters. The summed E-state index contributed by atoms with van der Waals surface area (Å²) in [4.78, 5) is 12.7.